The Hall–Kier alpha value is -0.0400. The first kappa shape index (κ1) is 13.0. The fraction of sp³-hybridized carbons (Fsp3) is 1.00. The molecule has 2 unspecified atom stereocenters. The zero-order chi connectivity index (χ0) is 11.3. The van der Waals surface area contributed by atoms with Crippen LogP contribution >= 0.6 is 0 Å². The lowest BCUT2D eigenvalue weighted by Gasteiger charge is -2.37. The molecular weight excluding hydrogens is 182 g/mol. The summed E-state index contributed by atoms with van der Waals surface area (Å²) in [4.78, 5) is 0. The van der Waals surface area contributed by atoms with Gasteiger partial charge in [0.15, 0.2) is 0 Å². The van der Waals surface area contributed by atoms with Gasteiger partial charge in [-0.1, -0.05) is 40.0 Å². The van der Waals surface area contributed by atoms with E-state index in [-0.39, 0.29) is 0 Å². The van der Waals surface area contributed by atoms with Gasteiger partial charge in [0.25, 0.3) is 0 Å². The molecule has 1 rings (SSSR count). The largest absolute Gasteiger partial charge is 0.309 e. The average molecular weight is 211 g/mol. The predicted molar refractivity (Wildman–Crippen MR) is 68.2 cm³/mol. The molecule has 0 aromatic carbocycles. The molecule has 0 aromatic rings. The topological polar surface area (TPSA) is 12.0 Å². The summed E-state index contributed by atoms with van der Waals surface area (Å²) in [6.45, 7) is 9.32. The molecule has 1 aliphatic carbocycles. The predicted octanol–water partition coefficient (Wildman–Crippen LogP) is 4.12. The highest BCUT2D eigenvalue weighted by Gasteiger charge is 2.27. The Balaban J connectivity index is 2.43. The van der Waals surface area contributed by atoms with Crippen LogP contribution in [0.3, 0.4) is 0 Å². The van der Waals surface area contributed by atoms with Crippen LogP contribution in [0.15, 0.2) is 0 Å². The molecule has 0 aliphatic heterocycles. The maximum absolute atomic E-state index is 3.90. The van der Waals surface area contributed by atoms with E-state index in [2.05, 4.69) is 33.0 Å². The molecule has 0 saturated heterocycles. The van der Waals surface area contributed by atoms with E-state index < -0.39 is 0 Å². The van der Waals surface area contributed by atoms with Gasteiger partial charge in [0.1, 0.15) is 0 Å². The van der Waals surface area contributed by atoms with E-state index in [4.69, 9.17) is 0 Å². The summed E-state index contributed by atoms with van der Waals surface area (Å²) in [6, 6.07) is 0.786. The van der Waals surface area contributed by atoms with Crippen LogP contribution in [0.1, 0.15) is 72.6 Å². The average Bonchev–Trinajstić information content (AvgIpc) is 2.29. The second-order valence-corrected chi connectivity index (χ2v) is 5.55. The quantitative estimate of drug-likeness (QED) is 0.721. The highest BCUT2D eigenvalue weighted by molar-refractivity contribution is 4.87. The van der Waals surface area contributed by atoms with Gasteiger partial charge in [0.2, 0.25) is 0 Å². The van der Waals surface area contributed by atoms with E-state index in [0.717, 1.165) is 12.0 Å². The summed E-state index contributed by atoms with van der Waals surface area (Å²) in [7, 11) is 0. The first-order valence-corrected chi connectivity index (χ1v) is 6.91. The molecule has 0 spiro atoms. The van der Waals surface area contributed by atoms with Crippen molar-refractivity contribution in [3.63, 3.8) is 0 Å². The maximum atomic E-state index is 3.90. The van der Waals surface area contributed by atoms with Gasteiger partial charge in [0, 0.05) is 11.6 Å². The van der Waals surface area contributed by atoms with Crippen molar-refractivity contribution < 1.29 is 0 Å². The van der Waals surface area contributed by atoms with Gasteiger partial charge in [0.05, 0.1) is 0 Å². The highest BCUT2D eigenvalue weighted by Crippen LogP contribution is 2.28. The third-order valence-corrected chi connectivity index (χ3v) is 4.47. The first-order chi connectivity index (χ1) is 7.13. The van der Waals surface area contributed by atoms with Crippen molar-refractivity contribution in [2.45, 2.75) is 84.2 Å². The van der Waals surface area contributed by atoms with E-state index in [1.165, 1.54) is 44.9 Å². The smallest absolute Gasteiger partial charge is 0.0150 e. The van der Waals surface area contributed by atoms with Gasteiger partial charge < -0.3 is 5.32 Å². The number of nitrogens with one attached hydrogen (secondary N) is 1. The second kappa shape index (κ2) is 5.89. The molecule has 1 saturated carbocycles. The lowest BCUT2D eigenvalue weighted by Crippen LogP contribution is -2.48. The van der Waals surface area contributed by atoms with E-state index >= 15 is 0 Å². The summed E-state index contributed by atoms with van der Waals surface area (Å²) in [5.41, 5.74) is 0.375. The molecule has 0 aromatic heterocycles. The van der Waals surface area contributed by atoms with Crippen molar-refractivity contribution in [3.05, 3.63) is 0 Å². The molecule has 0 amide bonds. The van der Waals surface area contributed by atoms with Gasteiger partial charge in [-0.05, 0) is 38.5 Å². The van der Waals surface area contributed by atoms with E-state index in [1.54, 1.807) is 0 Å². The zero-order valence-electron chi connectivity index (χ0n) is 11.1. The Bertz CT molecular complexity index is 172. The van der Waals surface area contributed by atoms with Crippen LogP contribution in [0.25, 0.3) is 0 Å². The van der Waals surface area contributed by atoms with Crippen molar-refractivity contribution >= 4 is 0 Å². The molecule has 0 bridgehead atoms. The molecule has 1 aliphatic rings. The molecule has 0 radical (unpaired) electrons. The SMILES string of the molecule is CCC1CCCC(NC(C)(CC)CC)C1. The summed E-state index contributed by atoms with van der Waals surface area (Å²) < 4.78 is 0. The molecule has 1 nitrogen and oxygen atoms in total. The Morgan fingerprint density at radius 2 is 1.80 bits per heavy atom. The molecule has 0 heterocycles. The van der Waals surface area contributed by atoms with Gasteiger partial charge in [-0.3, -0.25) is 0 Å². The Morgan fingerprint density at radius 1 is 1.13 bits per heavy atom. The number of hydrogen-bond acceptors (Lipinski definition) is 1. The van der Waals surface area contributed by atoms with E-state index in [0.29, 0.717) is 5.54 Å². The summed E-state index contributed by atoms with van der Waals surface area (Å²) in [6.07, 6.45) is 9.56. The van der Waals surface area contributed by atoms with Gasteiger partial charge >= 0.3 is 0 Å². The normalized spacial score (nSPS) is 28.0. The van der Waals surface area contributed by atoms with Crippen molar-refractivity contribution in [1.82, 2.24) is 5.32 Å². The summed E-state index contributed by atoms with van der Waals surface area (Å²) in [5.74, 6) is 0.981. The zero-order valence-corrected chi connectivity index (χ0v) is 11.1. The summed E-state index contributed by atoms with van der Waals surface area (Å²) >= 11 is 0. The molecule has 1 heteroatoms. The van der Waals surface area contributed by atoms with Crippen LogP contribution < -0.4 is 5.32 Å². The third-order valence-electron chi connectivity index (χ3n) is 4.47. The fourth-order valence-corrected chi connectivity index (χ4v) is 2.74. The number of hydrogen-bond donors (Lipinski definition) is 1. The molecule has 1 N–H and O–H groups in total. The standard InChI is InChI=1S/C14H29N/c1-5-12-9-8-10-13(11-12)15-14(4,6-2)7-3/h12-13,15H,5-11H2,1-4H3. The minimum atomic E-state index is 0.375. The van der Waals surface area contributed by atoms with Crippen LogP contribution in [0.5, 0.6) is 0 Å². The van der Waals surface area contributed by atoms with Crippen LogP contribution in [0, 0.1) is 5.92 Å². The Morgan fingerprint density at radius 3 is 2.33 bits per heavy atom. The van der Waals surface area contributed by atoms with Gasteiger partial charge in [-0.2, -0.15) is 0 Å². The number of rotatable bonds is 5. The maximum Gasteiger partial charge on any atom is 0.0150 e. The lowest BCUT2D eigenvalue weighted by atomic mass is 9.82. The monoisotopic (exact) mass is 211 g/mol. The van der Waals surface area contributed by atoms with Crippen LogP contribution in [-0.4, -0.2) is 11.6 Å². The molecule has 15 heavy (non-hydrogen) atoms. The van der Waals surface area contributed by atoms with Crippen molar-refractivity contribution in [2.75, 3.05) is 0 Å². The first-order valence-electron chi connectivity index (χ1n) is 6.91. The van der Waals surface area contributed by atoms with Gasteiger partial charge in [-0.25, -0.2) is 0 Å². The molecule has 2 atom stereocenters. The van der Waals surface area contributed by atoms with Crippen molar-refractivity contribution in [2.24, 2.45) is 5.92 Å². The Labute approximate surface area is 96.0 Å². The van der Waals surface area contributed by atoms with Crippen LogP contribution in [0.4, 0.5) is 0 Å². The third kappa shape index (κ3) is 3.79. The highest BCUT2D eigenvalue weighted by atomic mass is 15.0. The van der Waals surface area contributed by atoms with E-state index in [1.807, 2.05) is 0 Å². The van der Waals surface area contributed by atoms with Crippen LogP contribution in [-0.2, 0) is 0 Å². The lowest BCUT2D eigenvalue weighted by molar-refractivity contribution is 0.212. The second-order valence-electron chi connectivity index (χ2n) is 5.55. The Kier molecular flexibility index (Phi) is 5.11. The van der Waals surface area contributed by atoms with E-state index in [9.17, 15) is 0 Å². The van der Waals surface area contributed by atoms with Crippen LogP contribution in [0.2, 0.25) is 0 Å². The van der Waals surface area contributed by atoms with Gasteiger partial charge in [-0.15, -0.1) is 0 Å². The van der Waals surface area contributed by atoms with Crippen molar-refractivity contribution in [1.29, 1.82) is 0 Å². The molecule has 90 valence electrons. The molecule has 1 fully saturated rings. The minimum Gasteiger partial charge on any atom is -0.309 e. The minimum absolute atomic E-state index is 0.375. The fourth-order valence-electron chi connectivity index (χ4n) is 2.74. The molecular formula is C14H29N. The van der Waals surface area contributed by atoms with Crippen molar-refractivity contribution in [3.8, 4) is 0 Å². The summed E-state index contributed by atoms with van der Waals surface area (Å²) in [5, 5.41) is 3.90.